The van der Waals surface area contributed by atoms with Gasteiger partial charge in [0.2, 0.25) is 5.91 Å². The first-order chi connectivity index (χ1) is 14.9. The van der Waals surface area contributed by atoms with Crippen LogP contribution in [0.1, 0.15) is 25.0 Å². The third-order valence-electron chi connectivity index (χ3n) is 4.45. The maximum Gasteiger partial charge on any atom is 0.408 e. The van der Waals surface area contributed by atoms with Gasteiger partial charge >= 0.3 is 12.1 Å². The molecule has 7 nitrogen and oxygen atoms in total. The first-order valence-electron chi connectivity index (χ1n) is 9.99. The molecule has 0 saturated carbocycles. The van der Waals surface area contributed by atoms with Crippen LogP contribution in [0.25, 0.3) is 0 Å². The average molecular weight is 445 g/mol. The lowest BCUT2D eigenvalue weighted by molar-refractivity contribution is -0.141. The number of hydrogen-bond donors (Lipinski definition) is 3. The Kier molecular flexibility index (Phi) is 9.90. The van der Waals surface area contributed by atoms with Crippen molar-refractivity contribution in [2.75, 3.05) is 5.75 Å². The van der Waals surface area contributed by atoms with Gasteiger partial charge in [-0.1, -0.05) is 74.5 Å². The van der Waals surface area contributed by atoms with Gasteiger partial charge in [0.15, 0.2) is 0 Å². The Hall–Kier alpha value is -3.00. The highest BCUT2D eigenvalue weighted by atomic mass is 32.2. The molecule has 2 aromatic rings. The van der Waals surface area contributed by atoms with Crippen LogP contribution in [0.3, 0.4) is 0 Å². The van der Waals surface area contributed by atoms with E-state index in [1.807, 2.05) is 60.7 Å². The Bertz CT molecular complexity index is 846. The summed E-state index contributed by atoms with van der Waals surface area (Å²) in [5.74, 6) is -1.09. The zero-order valence-corrected chi connectivity index (χ0v) is 18.4. The number of carbonyl (C=O) groups is 3. The zero-order chi connectivity index (χ0) is 22.6. The van der Waals surface area contributed by atoms with Crippen LogP contribution in [-0.4, -0.2) is 40.9 Å². The van der Waals surface area contributed by atoms with Crippen LogP contribution in [0.4, 0.5) is 4.79 Å². The Morgan fingerprint density at radius 3 is 2.06 bits per heavy atom. The number of carboxylic acid groups (broad SMARTS) is 1. The molecule has 0 unspecified atom stereocenters. The minimum Gasteiger partial charge on any atom is -0.480 e. The van der Waals surface area contributed by atoms with E-state index in [0.717, 1.165) is 11.1 Å². The summed E-state index contributed by atoms with van der Waals surface area (Å²) < 4.78 is 5.17. The smallest absolute Gasteiger partial charge is 0.408 e. The van der Waals surface area contributed by atoms with Gasteiger partial charge in [0, 0.05) is 11.5 Å². The van der Waals surface area contributed by atoms with Crippen LogP contribution < -0.4 is 10.6 Å². The van der Waals surface area contributed by atoms with E-state index in [2.05, 4.69) is 10.6 Å². The number of carbonyl (C=O) groups excluding carboxylic acids is 2. The summed E-state index contributed by atoms with van der Waals surface area (Å²) in [4.78, 5) is 36.5. The number of carboxylic acids is 1. The maximum absolute atomic E-state index is 12.7. The second-order valence-corrected chi connectivity index (χ2v) is 8.36. The molecule has 2 aromatic carbocycles. The van der Waals surface area contributed by atoms with E-state index >= 15 is 0 Å². The zero-order valence-electron chi connectivity index (χ0n) is 17.6. The minimum absolute atomic E-state index is 0.0764. The molecule has 0 fully saturated rings. The van der Waals surface area contributed by atoms with Crippen molar-refractivity contribution in [2.45, 2.75) is 38.3 Å². The van der Waals surface area contributed by atoms with E-state index in [0.29, 0.717) is 5.75 Å². The second-order valence-electron chi connectivity index (χ2n) is 7.33. The molecule has 2 amide bonds. The first-order valence-corrected chi connectivity index (χ1v) is 11.1. The summed E-state index contributed by atoms with van der Waals surface area (Å²) in [6.45, 7) is 3.61. The second kappa shape index (κ2) is 12.6. The number of rotatable bonds is 11. The molecular weight excluding hydrogens is 416 g/mol. The summed E-state index contributed by atoms with van der Waals surface area (Å²) >= 11 is 1.42. The van der Waals surface area contributed by atoms with Crippen LogP contribution in [0.5, 0.6) is 0 Å². The Morgan fingerprint density at radius 2 is 1.52 bits per heavy atom. The highest BCUT2D eigenvalue weighted by molar-refractivity contribution is 7.98. The molecule has 0 heterocycles. The van der Waals surface area contributed by atoms with Crippen molar-refractivity contribution in [3.8, 4) is 0 Å². The predicted octanol–water partition coefficient (Wildman–Crippen LogP) is 3.44. The molecular formula is C23H28N2O5S. The van der Waals surface area contributed by atoms with Crippen molar-refractivity contribution in [1.29, 1.82) is 0 Å². The monoisotopic (exact) mass is 444 g/mol. The third kappa shape index (κ3) is 8.72. The lowest BCUT2D eigenvalue weighted by Gasteiger charge is -2.23. The van der Waals surface area contributed by atoms with E-state index in [1.165, 1.54) is 11.8 Å². The summed E-state index contributed by atoms with van der Waals surface area (Å²) in [7, 11) is 0. The van der Waals surface area contributed by atoms with Gasteiger partial charge in [0.05, 0.1) is 0 Å². The molecule has 2 rings (SSSR count). The Labute approximate surface area is 186 Å². The van der Waals surface area contributed by atoms with Crippen LogP contribution in [0.2, 0.25) is 0 Å². The third-order valence-corrected chi connectivity index (χ3v) is 5.55. The summed E-state index contributed by atoms with van der Waals surface area (Å²) in [6, 6.07) is 16.9. The minimum atomic E-state index is -1.12. The maximum atomic E-state index is 12.7. The van der Waals surface area contributed by atoms with E-state index in [9.17, 15) is 19.5 Å². The fourth-order valence-electron chi connectivity index (χ4n) is 2.73. The van der Waals surface area contributed by atoms with Crippen molar-refractivity contribution in [3.05, 3.63) is 71.8 Å². The molecule has 0 radical (unpaired) electrons. The van der Waals surface area contributed by atoms with Crippen molar-refractivity contribution >= 4 is 29.7 Å². The molecule has 166 valence electrons. The van der Waals surface area contributed by atoms with Gasteiger partial charge in [-0.3, -0.25) is 4.79 Å². The van der Waals surface area contributed by atoms with Gasteiger partial charge < -0.3 is 20.5 Å². The van der Waals surface area contributed by atoms with Gasteiger partial charge in [-0.15, -0.1) is 0 Å². The molecule has 0 spiro atoms. The number of hydrogen-bond acceptors (Lipinski definition) is 5. The molecule has 31 heavy (non-hydrogen) atoms. The van der Waals surface area contributed by atoms with Crippen molar-refractivity contribution in [3.63, 3.8) is 0 Å². The fraction of sp³-hybridized carbons (Fsp3) is 0.348. The SMILES string of the molecule is CC(C)[C@H](NC(=O)OCc1ccccc1)C(=O)N[C@@H](CSCc1ccccc1)C(=O)O. The lowest BCUT2D eigenvalue weighted by atomic mass is 10.0. The van der Waals surface area contributed by atoms with Gasteiger partial charge in [-0.2, -0.15) is 11.8 Å². The normalized spacial score (nSPS) is 12.6. The van der Waals surface area contributed by atoms with E-state index in [4.69, 9.17) is 4.74 Å². The molecule has 3 N–H and O–H groups in total. The van der Waals surface area contributed by atoms with Gasteiger partial charge in [0.1, 0.15) is 18.7 Å². The number of nitrogens with one attached hydrogen (secondary N) is 2. The van der Waals surface area contributed by atoms with Crippen molar-refractivity contribution in [2.24, 2.45) is 5.92 Å². The van der Waals surface area contributed by atoms with Crippen molar-refractivity contribution < 1.29 is 24.2 Å². The molecule has 0 aromatic heterocycles. The summed E-state index contributed by atoms with van der Waals surface area (Å²) in [5, 5.41) is 14.6. The quantitative estimate of drug-likeness (QED) is 0.490. The summed E-state index contributed by atoms with van der Waals surface area (Å²) in [6.07, 6.45) is -0.733. The van der Waals surface area contributed by atoms with Gasteiger partial charge in [-0.05, 0) is 17.0 Å². The standard InChI is InChI=1S/C23H28N2O5S/c1-16(2)20(25-23(29)30-13-17-9-5-3-6-10-17)21(26)24-19(22(27)28)15-31-14-18-11-7-4-8-12-18/h3-12,16,19-20H,13-15H2,1-2H3,(H,24,26)(H,25,29)(H,27,28)/t19-,20-/m0/s1. The highest BCUT2D eigenvalue weighted by Crippen LogP contribution is 2.13. The number of amides is 2. The summed E-state index contributed by atoms with van der Waals surface area (Å²) in [5.41, 5.74) is 1.90. The Morgan fingerprint density at radius 1 is 0.935 bits per heavy atom. The van der Waals surface area contributed by atoms with Gasteiger partial charge in [-0.25, -0.2) is 9.59 Å². The van der Waals surface area contributed by atoms with Gasteiger partial charge in [0.25, 0.3) is 0 Å². The molecule has 2 atom stereocenters. The molecule has 8 heteroatoms. The molecule has 0 aliphatic rings. The molecule has 0 saturated heterocycles. The average Bonchev–Trinajstić information content (AvgIpc) is 2.76. The highest BCUT2D eigenvalue weighted by Gasteiger charge is 2.29. The van der Waals surface area contributed by atoms with E-state index in [-0.39, 0.29) is 18.3 Å². The fourth-order valence-corrected chi connectivity index (χ4v) is 3.74. The predicted molar refractivity (Wildman–Crippen MR) is 121 cm³/mol. The van der Waals surface area contributed by atoms with E-state index < -0.39 is 30.1 Å². The topological polar surface area (TPSA) is 105 Å². The first kappa shape index (κ1) is 24.3. The van der Waals surface area contributed by atoms with E-state index in [1.54, 1.807) is 13.8 Å². The van der Waals surface area contributed by atoms with Crippen molar-refractivity contribution in [1.82, 2.24) is 10.6 Å². The number of aliphatic carboxylic acids is 1. The number of ether oxygens (including phenoxy) is 1. The van der Waals surface area contributed by atoms with Crippen LogP contribution in [0.15, 0.2) is 60.7 Å². The number of alkyl carbamates (subject to hydrolysis) is 1. The Balaban J connectivity index is 1.87. The van der Waals surface area contributed by atoms with Crippen LogP contribution in [0, 0.1) is 5.92 Å². The van der Waals surface area contributed by atoms with Crippen LogP contribution >= 0.6 is 11.8 Å². The molecule has 0 aliphatic heterocycles. The molecule has 0 aliphatic carbocycles. The number of thioether (sulfide) groups is 1. The lowest BCUT2D eigenvalue weighted by Crippen LogP contribution is -2.54. The van der Waals surface area contributed by atoms with Crippen LogP contribution in [-0.2, 0) is 26.7 Å². The largest absolute Gasteiger partial charge is 0.480 e. The number of benzene rings is 2. The molecule has 0 bridgehead atoms.